The van der Waals surface area contributed by atoms with E-state index in [1.54, 1.807) is 6.92 Å². The number of carbonyl (C=O) groups is 1. The van der Waals surface area contributed by atoms with Crippen LogP contribution in [0, 0.1) is 17.0 Å². The van der Waals surface area contributed by atoms with Gasteiger partial charge in [0.2, 0.25) is 11.7 Å². The summed E-state index contributed by atoms with van der Waals surface area (Å²) in [5.74, 6) is -0.523. The molecule has 12 heteroatoms. The minimum absolute atomic E-state index is 0. The SMILES string of the molecule is Cc1nc([N+](=O)[O-])cn1CCC(=O)Nc1cc(CN)cc(C(F)(F)F)c1.Cl. The second-order valence-corrected chi connectivity index (χ2v) is 5.52. The van der Waals surface area contributed by atoms with Crippen LogP contribution in [0.25, 0.3) is 0 Å². The number of carbonyl (C=O) groups excluding carboxylic acids is 1. The van der Waals surface area contributed by atoms with E-state index < -0.39 is 22.6 Å². The van der Waals surface area contributed by atoms with Gasteiger partial charge < -0.3 is 25.7 Å². The molecule has 0 saturated heterocycles. The number of nitro groups is 1. The monoisotopic (exact) mass is 407 g/mol. The lowest BCUT2D eigenvalue weighted by Crippen LogP contribution is -2.16. The average molecular weight is 408 g/mol. The fourth-order valence-corrected chi connectivity index (χ4v) is 2.30. The summed E-state index contributed by atoms with van der Waals surface area (Å²) in [5.41, 5.74) is 4.71. The van der Waals surface area contributed by atoms with Crippen LogP contribution in [-0.2, 0) is 24.1 Å². The Labute approximate surface area is 158 Å². The Kier molecular flexibility index (Phi) is 7.31. The van der Waals surface area contributed by atoms with E-state index in [0.29, 0.717) is 5.82 Å². The van der Waals surface area contributed by atoms with Gasteiger partial charge in [0, 0.05) is 32.1 Å². The van der Waals surface area contributed by atoms with Crippen molar-refractivity contribution in [3.05, 3.63) is 51.5 Å². The third kappa shape index (κ3) is 5.93. The number of benzene rings is 1. The molecular formula is C15H17ClF3N5O3. The summed E-state index contributed by atoms with van der Waals surface area (Å²) in [4.78, 5) is 25.7. The number of aryl methyl sites for hydroxylation is 2. The van der Waals surface area contributed by atoms with Crippen LogP contribution in [0.2, 0.25) is 0 Å². The highest BCUT2D eigenvalue weighted by molar-refractivity contribution is 5.90. The molecule has 0 atom stereocenters. The molecule has 8 nitrogen and oxygen atoms in total. The fraction of sp³-hybridized carbons (Fsp3) is 0.333. The molecule has 0 aliphatic rings. The van der Waals surface area contributed by atoms with E-state index >= 15 is 0 Å². The topological polar surface area (TPSA) is 116 Å². The zero-order valence-corrected chi connectivity index (χ0v) is 14.9. The number of hydrogen-bond donors (Lipinski definition) is 2. The largest absolute Gasteiger partial charge is 0.416 e. The summed E-state index contributed by atoms with van der Waals surface area (Å²) in [7, 11) is 0. The van der Waals surface area contributed by atoms with Crippen molar-refractivity contribution in [2.24, 2.45) is 5.73 Å². The Morgan fingerprint density at radius 1 is 1.37 bits per heavy atom. The van der Waals surface area contributed by atoms with Gasteiger partial charge >= 0.3 is 12.0 Å². The van der Waals surface area contributed by atoms with Gasteiger partial charge in [0.05, 0.1) is 5.56 Å². The van der Waals surface area contributed by atoms with Crippen molar-refractivity contribution in [2.75, 3.05) is 5.32 Å². The number of nitrogens with two attached hydrogens (primary N) is 1. The first-order chi connectivity index (χ1) is 12.1. The first kappa shape index (κ1) is 22.4. The van der Waals surface area contributed by atoms with Crippen LogP contribution >= 0.6 is 12.4 Å². The third-order valence-electron chi connectivity index (χ3n) is 3.57. The van der Waals surface area contributed by atoms with Gasteiger partial charge in [0.25, 0.3) is 0 Å². The zero-order valence-electron chi connectivity index (χ0n) is 14.1. The van der Waals surface area contributed by atoms with Crippen LogP contribution in [0.1, 0.15) is 23.4 Å². The molecule has 0 radical (unpaired) electrons. The molecule has 0 bridgehead atoms. The van der Waals surface area contributed by atoms with Crippen molar-refractivity contribution in [3.63, 3.8) is 0 Å². The molecule has 1 aromatic heterocycles. The lowest BCUT2D eigenvalue weighted by molar-refractivity contribution is -0.389. The number of imidazole rings is 1. The molecule has 0 spiro atoms. The van der Waals surface area contributed by atoms with Crippen molar-refractivity contribution < 1.29 is 22.9 Å². The standard InChI is InChI=1S/C15H16F3N5O3.ClH/c1-9-20-13(23(25)26)8-22(9)3-2-14(24)21-12-5-10(7-19)4-11(6-12)15(16,17)18;/h4-6,8H,2-3,7,19H2,1H3,(H,21,24);1H. The van der Waals surface area contributed by atoms with Gasteiger partial charge in [0.15, 0.2) is 0 Å². The van der Waals surface area contributed by atoms with Gasteiger partial charge in [-0.3, -0.25) is 4.79 Å². The fourth-order valence-electron chi connectivity index (χ4n) is 2.30. The van der Waals surface area contributed by atoms with Crippen LogP contribution in [0.4, 0.5) is 24.7 Å². The van der Waals surface area contributed by atoms with Gasteiger partial charge in [-0.15, -0.1) is 12.4 Å². The number of rotatable bonds is 6. The van der Waals surface area contributed by atoms with Gasteiger partial charge in [-0.25, -0.2) is 0 Å². The average Bonchev–Trinajstić information content (AvgIpc) is 2.93. The first-order valence-electron chi connectivity index (χ1n) is 7.49. The van der Waals surface area contributed by atoms with Crippen molar-refractivity contribution in [2.45, 2.75) is 32.6 Å². The maximum Gasteiger partial charge on any atom is 0.416 e. The van der Waals surface area contributed by atoms with Crippen LogP contribution in [0.15, 0.2) is 24.4 Å². The molecule has 1 heterocycles. The summed E-state index contributed by atoms with van der Waals surface area (Å²) in [6, 6.07) is 3.11. The highest BCUT2D eigenvalue weighted by atomic mass is 35.5. The van der Waals surface area contributed by atoms with Crippen molar-refractivity contribution in [3.8, 4) is 0 Å². The molecule has 2 aromatic rings. The van der Waals surface area contributed by atoms with E-state index in [9.17, 15) is 28.1 Å². The predicted molar refractivity (Wildman–Crippen MR) is 93.4 cm³/mol. The Hall–Kier alpha value is -2.66. The molecule has 1 aromatic carbocycles. The van der Waals surface area contributed by atoms with Crippen molar-refractivity contribution in [1.29, 1.82) is 0 Å². The van der Waals surface area contributed by atoms with Crippen LogP contribution in [0.5, 0.6) is 0 Å². The molecule has 0 saturated carbocycles. The number of nitrogens with one attached hydrogen (secondary N) is 1. The lowest BCUT2D eigenvalue weighted by Gasteiger charge is -2.12. The molecule has 0 aliphatic carbocycles. The molecule has 1 amide bonds. The molecule has 27 heavy (non-hydrogen) atoms. The van der Waals surface area contributed by atoms with E-state index in [1.165, 1.54) is 16.8 Å². The summed E-state index contributed by atoms with van der Waals surface area (Å²) < 4.78 is 40.1. The minimum Gasteiger partial charge on any atom is -0.358 e. The highest BCUT2D eigenvalue weighted by Crippen LogP contribution is 2.32. The molecule has 0 unspecified atom stereocenters. The predicted octanol–water partition coefficient (Wildman–Crippen LogP) is 3.03. The Balaban J connectivity index is 0.00000364. The molecular weight excluding hydrogens is 391 g/mol. The maximum atomic E-state index is 12.9. The number of hydrogen-bond acceptors (Lipinski definition) is 5. The number of nitrogens with zero attached hydrogens (tertiary/aromatic N) is 3. The zero-order chi connectivity index (χ0) is 19.5. The first-order valence-corrected chi connectivity index (χ1v) is 7.49. The maximum absolute atomic E-state index is 12.9. The summed E-state index contributed by atoms with van der Waals surface area (Å²) in [6.45, 7) is 1.54. The van der Waals surface area contributed by atoms with Crippen LogP contribution in [-0.4, -0.2) is 20.4 Å². The van der Waals surface area contributed by atoms with Crippen LogP contribution in [0.3, 0.4) is 0 Å². The Morgan fingerprint density at radius 2 is 2.04 bits per heavy atom. The number of alkyl halides is 3. The third-order valence-corrected chi connectivity index (χ3v) is 3.57. The smallest absolute Gasteiger partial charge is 0.358 e. The summed E-state index contributed by atoms with van der Waals surface area (Å²) in [5, 5.41) is 13.1. The molecule has 148 valence electrons. The van der Waals surface area contributed by atoms with E-state index in [4.69, 9.17) is 5.73 Å². The number of halogens is 4. The second kappa shape index (κ2) is 8.82. The van der Waals surface area contributed by atoms with Gasteiger partial charge in [-0.2, -0.15) is 13.2 Å². The summed E-state index contributed by atoms with van der Waals surface area (Å²) in [6.07, 6.45) is -3.46. The van der Waals surface area contributed by atoms with E-state index in [2.05, 4.69) is 10.3 Å². The van der Waals surface area contributed by atoms with E-state index in [0.717, 1.165) is 12.1 Å². The van der Waals surface area contributed by atoms with Gasteiger partial charge in [-0.05, 0) is 33.7 Å². The molecule has 3 N–H and O–H groups in total. The van der Waals surface area contributed by atoms with E-state index in [-0.39, 0.29) is 49.0 Å². The van der Waals surface area contributed by atoms with Gasteiger partial charge in [0.1, 0.15) is 6.20 Å². The molecule has 2 rings (SSSR count). The normalized spacial score (nSPS) is 11.0. The molecule has 0 fully saturated rings. The Morgan fingerprint density at radius 3 is 2.56 bits per heavy atom. The minimum atomic E-state index is -4.56. The second-order valence-electron chi connectivity index (χ2n) is 5.52. The van der Waals surface area contributed by atoms with Crippen molar-refractivity contribution >= 4 is 29.8 Å². The molecule has 0 aliphatic heterocycles. The van der Waals surface area contributed by atoms with Gasteiger partial charge in [-0.1, -0.05) is 0 Å². The van der Waals surface area contributed by atoms with Crippen molar-refractivity contribution in [1.82, 2.24) is 9.55 Å². The summed E-state index contributed by atoms with van der Waals surface area (Å²) >= 11 is 0. The Bertz CT molecular complexity index is 839. The number of anilines is 1. The number of amides is 1. The highest BCUT2D eigenvalue weighted by Gasteiger charge is 2.31. The van der Waals surface area contributed by atoms with E-state index in [1.807, 2.05) is 0 Å². The quantitative estimate of drug-likeness (QED) is 0.564. The van der Waals surface area contributed by atoms with Crippen LogP contribution < -0.4 is 11.1 Å². The number of aromatic nitrogens is 2. The lowest BCUT2D eigenvalue weighted by atomic mass is 10.1.